The normalized spacial score (nSPS) is 14.2. The van der Waals surface area contributed by atoms with Gasteiger partial charge in [0.05, 0.1) is 7.11 Å². The van der Waals surface area contributed by atoms with Gasteiger partial charge >= 0.3 is 0 Å². The molecular formula is C32H32O5S2. The Morgan fingerprint density at radius 3 is 1.46 bits per heavy atom. The summed E-state index contributed by atoms with van der Waals surface area (Å²) in [5, 5.41) is 21.1. The zero-order valence-corrected chi connectivity index (χ0v) is 23.7. The van der Waals surface area contributed by atoms with Crippen molar-refractivity contribution in [2.45, 2.75) is 43.1 Å². The minimum absolute atomic E-state index is 0.223. The monoisotopic (exact) mass is 560 g/mol. The van der Waals surface area contributed by atoms with Crippen molar-refractivity contribution < 1.29 is 24.4 Å². The van der Waals surface area contributed by atoms with Crippen LogP contribution in [0.4, 0.5) is 0 Å². The Kier molecular flexibility index (Phi) is 8.79. The number of methoxy groups -OCH3 is 1. The lowest BCUT2D eigenvalue weighted by molar-refractivity contribution is 0.283. The SMILES string of the molecule is COc1c2cc(C)cc1COc1ccc(cc1)CSCc1cc(O)c(cc1O)CSCc1ccc(cc1)OC2. The molecular weight excluding hydrogens is 528 g/mol. The van der Waals surface area contributed by atoms with Crippen molar-refractivity contribution >= 4 is 23.5 Å². The summed E-state index contributed by atoms with van der Waals surface area (Å²) >= 11 is 3.38. The van der Waals surface area contributed by atoms with Crippen molar-refractivity contribution in [2.24, 2.45) is 0 Å². The van der Waals surface area contributed by atoms with Crippen LogP contribution in [0.3, 0.4) is 0 Å². The summed E-state index contributed by atoms with van der Waals surface area (Å²) in [6.45, 7) is 2.84. The van der Waals surface area contributed by atoms with E-state index in [1.54, 1.807) is 42.8 Å². The standard InChI is InChI=1S/C32H32O5S2/c1-21-11-24-15-36-28-7-3-22(4-8-28)17-38-19-26-13-31(34)27(14-30(26)33)20-39-18-23-5-9-29(10-6-23)37-16-25(12-21)32(24)35-2/h3-14,33-34H,15-20H2,1-2H3. The Morgan fingerprint density at radius 2 is 1.05 bits per heavy atom. The molecule has 5 aliphatic rings. The predicted octanol–water partition coefficient (Wildman–Crippen LogP) is 7.75. The Bertz CT molecular complexity index is 1310. The predicted molar refractivity (Wildman–Crippen MR) is 159 cm³/mol. The molecule has 9 rings (SSSR count). The maximum atomic E-state index is 10.6. The lowest BCUT2D eigenvalue weighted by atomic mass is 10.1. The molecule has 0 radical (unpaired) electrons. The van der Waals surface area contributed by atoms with Gasteiger partial charge in [0, 0.05) is 45.3 Å². The van der Waals surface area contributed by atoms with Gasteiger partial charge in [0.2, 0.25) is 0 Å². The number of phenolic OH excluding ortho intramolecular Hbond substituents is 2. The Hall–Kier alpha value is -3.42. The van der Waals surface area contributed by atoms with Gasteiger partial charge in [-0.1, -0.05) is 29.8 Å². The van der Waals surface area contributed by atoms with Crippen LogP contribution in [-0.2, 0) is 36.2 Å². The van der Waals surface area contributed by atoms with E-state index in [0.717, 1.165) is 67.7 Å². The number of benzene rings is 4. The van der Waals surface area contributed by atoms with Crippen LogP contribution in [0.5, 0.6) is 28.7 Å². The number of aromatic hydroxyl groups is 2. The molecule has 5 nitrogen and oxygen atoms in total. The number of rotatable bonds is 1. The van der Waals surface area contributed by atoms with E-state index in [-0.39, 0.29) is 11.5 Å². The summed E-state index contributed by atoms with van der Waals surface area (Å²) in [5.74, 6) is 5.58. The lowest BCUT2D eigenvalue weighted by Gasteiger charge is -2.17. The molecule has 8 bridgehead atoms. The van der Waals surface area contributed by atoms with E-state index in [0.29, 0.717) is 24.7 Å². The van der Waals surface area contributed by atoms with E-state index >= 15 is 0 Å². The molecule has 0 fully saturated rings. The van der Waals surface area contributed by atoms with E-state index < -0.39 is 0 Å². The third-order valence-corrected chi connectivity index (χ3v) is 8.66. The van der Waals surface area contributed by atoms with Crippen molar-refractivity contribution in [3.05, 3.63) is 112 Å². The van der Waals surface area contributed by atoms with E-state index in [1.807, 2.05) is 24.3 Å². The first-order valence-electron chi connectivity index (χ1n) is 12.8. The largest absolute Gasteiger partial charge is 0.508 e. The number of hydrogen-bond acceptors (Lipinski definition) is 7. The lowest BCUT2D eigenvalue weighted by Crippen LogP contribution is -2.05. The van der Waals surface area contributed by atoms with E-state index in [4.69, 9.17) is 14.2 Å². The van der Waals surface area contributed by atoms with Gasteiger partial charge in [-0.2, -0.15) is 23.5 Å². The molecule has 39 heavy (non-hydrogen) atoms. The second-order valence-electron chi connectivity index (χ2n) is 9.58. The molecule has 0 spiro atoms. The summed E-state index contributed by atoms with van der Waals surface area (Å²) < 4.78 is 18.0. The third-order valence-electron chi connectivity index (χ3n) is 6.56. The average Bonchev–Trinajstić information content (AvgIpc) is 2.94. The first kappa shape index (κ1) is 27.2. The third kappa shape index (κ3) is 6.97. The van der Waals surface area contributed by atoms with Crippen molar-refractivity contribution in [3.63, 3.8) is 0 Å². The average molecular weight is 561 g/mol. The fourth-order valence-electron chi connectivity index (χ4n) is 4.54. The highest BCUT2D eigenvalue weighted by Gasteiger charge is 2.14. The van der Waals surface area contributed by atoms with Gasteiger partial charge in [0.15, 0.2) is 0 Å². The summed E-state index contributed by atoms with van der Waals surface area (Å²) in [7, 11) is 1.68. The van der Waals surface area contributed by atoms with Crippen LogP contribution in [0.15, 0.2) is 72.8 Å². The number of phenols is 2. The fraction of sp³-hybridized carbons (Fsp3) is 0.250. The Balaban J connectivity index is 1.40. The Labute approximate surface area is 238 Å². The fourth-order valence-corrected chi connectivity index (χ4v) is 6.51. The topological polar surface area (TPSA) is 68.2 Å². The van der Waals surface area contributed by atoms with Gasteiger partial charge in [0.1, 0.15) is 42.0 Å². The molecule has 2 N–H and O–H groups in total. The molecule has 202 valence electrons. The minimum atomic E-state index is 0.223. The second kappa shape index (κ2) is 12.6. The van der Waals surface area contributed by atoms with Crippen LogP contribution < -0.4 is 14.2 Å². The molecule has 0 aromatic heterocycles. The van der Waals surface area contributed by atoms with Gasteiger partial charge in [0.25, 0.3) is 0 Å². The number of aryl methyl sites for hydroxylation is 1. The van der Waals surface area contributed by atoms with E-state index in [9.17, 15) is 10.2 Å². The van der Waals surface area contributed by atoms with Crippen molar-refractivity contribution in [3.8, 4) is 28.7 Å². The summed E-state index contributed by atoms with van der Waals surface area (Å²) in [6, 6.07) is 23.7. The maximum absolute atomic E-state index is 10.6. The van der Waals surface area contributed by atoms with Crippen LogP contribution in [0, 0.1) is 6.92 Å². The zero-order chi connectivity index (χ0) is 27.2. The highest BCUT2D eigenvalue weighted by Crippen LogP contribution is 2.34. The molecule has 7 heteroatoms. The van der Waals surface area contributed by atoms with E-state index in [2.05, 4.69) is 43.3 Å². The molecule has 4 aromatic carbocycles. The first-order valence-corrected chi connectivity index (χ1v) is 15.1. The molecule has 0 saturated heterocycles. The molecule has 5 aliphatic heterocycles. The number of hydrogen-bond donors (Lipinski definition) is 2. The first-order chi connectivity index (χ1) is 19.0. The van der Waals surface area contributed by atoms with Crippen LogP contribution in [0.2, 0.25) is 0 Å². The minimum Gasteiger partial charge on any atom is -0.508 e. The second-order valence-corrected chi connectivity index (χ2v) is 11.5. The Morgan fingerprint density at radius 1 is 0.615 bits per heavy atom. The summed E-state index contributed by atoms with van der Waals surface area (Å²) in [5.41, 5.74) is 6.86. The van der Waals surface area contributed by atoms with Crippen molar-refractivity contribution in [1.82, 2.24) is 0 Å². The highest BCUT2D eigenvalue weighted by molar-refractivity contribution is 7.98. The van der Waals surface area contributed by atoms with Crippen molar-refractivity contribution in [2.75, 3.05) is 7.11 Å². The van der Waals surface area contributed by atoms with Gasteiger partial charge in [-0.3, -0.25) is 0 Å². The van der Waals surface area contributed by atoms with Crippen molar-refractivity contribution in [1.29, 1.82) is 0 Å². The van der Waals surface area contributed by atoms with Gasteiger partial charge < -0.3 is 24.4 Å². The number of ether oxygens (including phenoxy) is 3. The van der Waals surface area contributed by atoms with Gasteiger partial charge in [-0.05, 0) is 66.6 Å². The van der Waals surface area contributed by atoms with Gasteiger partial charge in [-0.15, -0.1) is 0 Å². The van der Waals surface area contributed by atoms with Crippen LogP contribution in [0.25, 0.3) is 0 Å². The quantitative estimate of drug-likeness (QED) is 0.231. The van der Waals surface area contributed by atoms with Crippen LogP contribution in [-0.4, -0.2) is 17.3 Å². The molecule has 0 aliphatic carbocycles. The zero-order valence-electron chi connectivity index (χ0n) is 22.1. The van der Waals surface area contributed by atoms with Crippen LogP contribution in [0.1, 0.15) is 38.9 Å². The number of fused-ring (bicyclic) bond motifs is 1. The van der Waals surface area contributed by atoms with Crippen LogP contribution >= 0.6 is 23.5 Å². The molecule has 0 saturated carbocycles. The summed E-state index contributed by atoms with van der Waals surface area (Å²) in [6.07, 6.45) is 0. The number of thioether (sulfide) groups is 2. The molecule has 0 amide bonds. The van der Waals surface area contributed by atoms with Gasteiger partial charge in [-0.25, -0.2) is 0 Å². The molecule has 0 unspecified atom stereocenters. The smallest absolute Gasteiger partial charge is 0.132 e. The molecule has 5 heterocycles. The molecule has 0 atom stereocenters. The molecule has 4 aromatic rings. The summed E-state index contributed by atoms with van der Waals surface area (Å²) in [4.78, 5) is 0. The maximum Gasteiger partial charge on any atom is 0.132 e. The highest BCUT2D eigenvalue weighted by atomic mass is 32.2. The van der Waals surface area contributed by atoms with E-state index in [1.165, 1.54) is 0 Å².